The number of rotatable bonds is 3. The van der Waals surface area contributed by atoms with E-state index in [0.717, 1.165) is 6.42 Å². The van der Waals surface area contributed by atoms with Crippen LogP contribution in [0.5, 0.6) is 0 Å². The average molecular weight is 336 g/mol. The summed E-state index contributed by atoms with van der Waals surface area (Å²) in [5.74, 6) is 0. The highest BCUT2D eigenvalue weighted by atomic mass is 35.5. The van der Waals surface area contributed by atoms with Crippen LogP contribution in [0.4, 0.5) is 5.69 Å². The number of nitrogens with zero attached hydrogens (tertiary/aromatic N) is 2. The molecule has 1 aliphatic heterocycles. The molecule has 1 aromatic rings. The first-order valence-electron chi connectivity index (χ1n) is 6.34. The molecule has 9 heteroatoms. The Morgan fingerprint density at radius 1 is 1.43 bits per heavy atom. The van der Waals surface area contributed by atoms with E-state index in [2.05, 4.69) is 0 Å². The van der Waals surface area contributed by atoms with E-state index in [1.807, 2.05) is 0 Å². The Bertz CT molecular complexity index is 635. The first-order valence-corrected chi connectivity index (χ1v) is 7.78. The van der Waals surface area contributed by atoms with Gasteiger partial charge in [0.05, 0.1) is 4.92 Å². The van der Waals surface area contributed by atoms with Gasteiger partial charge in [0, 0.05) is 25.2 Å². The fourth-order valence-corrected chi connectivity index (χ4v) is 4.33. The third-order valence-electron chi connectivity index (χ3n) is 3.41. The molecule has 2 N–H and O–H groups in total. The zero-order valence-electron chi connectivity index (χ0n) is 11.6. The molecule has 1 heterocycles. The molecule has 0 aromatic heterocycles. The summed E-state index contributed by atoms with van der Waals surface area (Å²) in [5, 5.41) is 11.1. The number of nitrogens with two attached hydrogens (primary N) is 1. The predicted octanol–water partition coefficient (Wildman–Crippen LogP) is 1.44. The zero-order chi connectivity index (χ0) is 14.9. The van der Waals surface area contributed by atoms with Gasteiger partial charge >= 0.3 is 0 Å². The second kappa shape index (κ2) is 6.69. The van der Waals surface area contributed by atoms with Crippen molar-refractivity contribution in [3.05, 3.63) is 33.9 Å². The van der Waals surface area contributed by atoms with Gasteiger partial charge in [-0.25, -0.2) is 8.42 Å². The monoisotopic (exact) mass is 335 g/mol. The maximum absolute atomic E-state index is 12.6. The van der Waals surface area contributed by atoms with Gasteiger partial charge in [0.25, 0.3) is 5.69 Å². The maximum atomic E-state index is 12.6. The largest absolute Gasteiger partial charge is 0.327 e. The highest BCUT2D eigenvalue weighted by Crippen LogP contribution is 2.30. The molecule has 21 heavy (non-hydrogen) atoms. The van der Waals surface area contributed by atoms with Crippen molar-refractivity contribution >= 4 is 28.1 Å². The van der Waals surface area contributed by atoms with Crippen LogP contribution in [-0.2, 0) is 10.0 Å². The fourth-order valence-electron chi connectivity index (χ4n) is 2.44. The number of sulfonamides is 1. The van der Waals surface area contributed by atoms with Crippen LogP contribution in [0.1, 0.15) is 18.4 Å². The Morgan fingerprint density at radius 3 is 2.67 bits per heavy atom. The molecule has 1 unspecified atom stereocenters. The second-order valence-electron chi connectivity index (χ2n) is 4.95. The van der Waals surface area contributed by atoms with Crippen LogP contribution >= 0.6 is 12.4 Å². The third-order valence-corrected chi connectivity index (χ3v) is 5.46. The van der Waals surface area contributed by atoms with Gasteiger partial charge in [-0.3, -0.25) is 10.1 Å². The molecule has 0 spiro atoms. The van der Waals surface area contributed by atoms with Crippen molar-refractivity contribution in [3.8, 4) is 0 Å². The van der Waals surface area contributed by atoms with E-state index < -0.39 is 14.9 Å². The van der Waals surface area contributed by atoms with E-state index in [4.69, 9.17) is 5.73 Å². The number of aryl methyl sites for hydroxylation is 1. The normalized spacial score (nSPS) is 19.8. The average Bonchev–Trinajstić information content (AvgIpc) is 2.38. The third kappa shape index (κ3) is 3.52. The molecule has 1 atom stereocenters. The lowest BCUT2D eigenvalue weighted by atomic mass is 10.1. The van der Waals surface area contributed by atoms with E-state index in [9.17, 15) is 18.5 Å². The van der Waals surface area contributed by atoms with Gasteiger partial charge in [-0.1, -0.05) is 12.1 Å². The van der Waals surface area contributed by atoms with Gasteiger partial charge < -0.3 is 5.73 Å². The van der Waals surface area contributed by atoms with Gasteiger partial charge in [-0.2, -0.15) is 4.31 Å². The van der Waals surface area contributed by atoms with Crippen molar-refractivity contribution in [2.75, 3.05) is 13.1 Å². The van der Waals surface area contributed by atoms with Gasteiger partial charge in [-0.05, 0) is 25.3 Å². The number of halogens is 1. The number of piperidine rings is 1. The molecule has 0 amide bonds. The summed E-state index contributed by atoms with van der Waals surface area (Å²) >= 11 is 0. The van der Waals surface area contributed by atoms with E-state index in [1.54, 1.807) is 13.0 Å². The van der Waals surface area contributed by atoms with Crippen molar-refractivity contribution in [2.24, 2.45) is 5.73 Å². The number of benzene rings is 1. The molecular weight excluding hydrogens is 318 g/mol. The number of nitro benzene ring substituents is 1. The standard InChI is InChI=1S/C12H17N3O4S.ClH/c1-9-4-2-6-11(15(16)17)12(9)20(18,19)14-7-3-5-10(13)8-14;/h2,4,6,10H,3,5,7-8,13H2,1H3;1H. The molecule has 0 saturated carbocycles. The summed E-state index contributed by atoms with van der Waals surface area (Å²) in [4.78, 5) is 10.2. The molecule has 0 bridgehead atoms. The molecule has 1 fully saturated rings. The quantitative estimate of drug-likeness (QED) is 0.664. The van der Waals surface area contributed by atoms with Gasteiger partial charge in [-0.15, -0.1) is 12.4 Å². The van der Waals surface area contributed by atoms with Crippen molar-refractivity contribution < 1.29 is 13.3 Å². The van der Waals surface area contributed by atoms with Crippen LogP contribution < -0.4 is 5.73 Å². The molecule has 2 rings (SSSR count). The van der Waals surface area contributed by atoms with Crippen LogP contribution in [0.15, 0.2) is 23.1 Å². The van der Waals surface area contributed by atoms with Crippen LogP contribution in [-0.4, -0.2) is 36.8 Å². The first kappa shape index (κ1) is 17.8. The molecule has 1 aliphatic rings. The molecule has 1 aromatic carbocycles. The van der Waals surface area contributed by atoms with Crippen molar-refractivity contribution in [3.63, 3.8) is 0 Å². The fraction of sp³-hybridized carbons (Fsp3) is 0.500. The van der Waals surface area contributed by atoms with Crippen LogP contribution in [0.25, 0.3) is 0 Å². The van der Waals surface area contributed by atoms with Gasteiger partial charge in [0.15, 0.2) is 4.90 Å². The zero-order valence-corrected chi connectivity index (χ0v) is 13.2. The Hall–Kier alpha value is -1.22. The highest BCUT2D eigenvalue weighted by Gasteiger charge is 2.35. The summed E-state index contributed by atoms with van der Waals surface area (Å²) in [7, 11) is -3.89. The first-order chi connectivity index (χ1) is 9.34. The SMILES string of the molecule is Cc1cccc([N+](=O)[O-])c1S(=O)(=O)N1CCCC(N)C1.Cl. The smallest absolute Gasteiger partial charge is 0.289 e. The van der Waals surface area contributed by atoms with E-state index in [1.165, 1.54) is 16.4 Å². The summed E-state index contributed by atoms with van der Waals surface area (Å²) in [5.41, 5.74) is 5.78. The Labute approximate surface area is 129 Å². The molecule has 1 saturated heterocycles. The lowest BCUT2D eigenvalue weighted by molar-refractivity contribution is -0.387. The van der Waals surface area contributed by atoms with Gasteiger partial charge in [0.2, 0.25) is 10.0 Å². The predicted molar refractivity (Wildman–Crippen MR) is 81.0 cm³/mol. The summed E-state index contributed by atoms with van der Waals surface area (Å²) in [6, 6.07) is 4.03. The van der Waals surface area contributed by atoms with Crippen molar-refractivity contribution in [1.29, 1.82) is 0 Å². The summed E-state index contributed by atoms with van der Waals surface area (Å²) in [6.07, 6.45) is 1.43. The summed E-state index contributed by atoms with van der Waals surface area (Å²) < 4.78 is 26.5. The molecular formula is C12H18ClN3O4S. The van der Waals surface area contributed by atoms with Crippen LogP contribution in [0, 0.1) is 17.0 Å². The molecule has 0 aliphatic carbocycles. The van der Waals surface area contributed by atoms with E-state index >= 15 is 0 Å². The number of nitro groups is 1. The molecule has 0 radical (unpaired) electrons. The van der Waals surface area contributed by atoms with E-state index in [0.29, 0.717) is 18.5 Å². The molecule has 118 valence electrons. The number of hydrogen-bond acceptors (Lipinski definition) is 5. The van der Waals surface area contributed by atoms with Crippen molar-refractivity contribution in [2.45, 2.75) is 30.7 Å². The minimum absolute atomic E-state index is 0. The maximum Gasteiger partial charge on any atom is 0.289 e. The Kier molecular flexibility index (Phi) is 5.68. The number of hydrogen-bond donors (Lipinski definition) is 1. The lowest BCUT2D eigenvalue weighted by Gasteiger charge is -2.30. The Balaban J connectivity index is 0.00000220. The van der Waals surface area contributed by atoms with Crippen molar-refractivity contribution in [1.82, 2.24) is 4.31 Å². The van der Waals surface area contributed by atoms with Gasteiger partial charge in [0.1, 0.15) is 0 Å². The Morgan fingerprint density at radius 2 is 2.10 bits per heavy atom. The van der Waals surface area contributed by atoms with E-state index in [-0.39, 0.29) is 35.6 Å². The summed E-state index contributed by atoms with van der Waals surface area (Å²) in [6.45, 7) is 2.11. The minimum Gasteiger partial charge on any atom is -0.327 e. The van der Waals surface area contributed by atoms with Crippen LogP contribution in [0.2, 0.25) is 0 Å². The molecule has 7 nitrogen and oxygen atoms in total. The second-order valence-corrected chi connectivity index (χ2v) is 6.82. The lowest BCUT2D eigenvalue weighted by Crippen LogP contribution is -2.45. The van der Waals surface area contributed by atoms with Crippen LogP contribution in [0.3, 0.4) is 0 Å². The highest BCUT2D eigenvalue weighted by molar-refractivity contribution is 7.89. The minimum atomic E-state index is -3.89. The topological polar surface area (TPSA) is 107 Å².